The molecule has 1 heterocycles. The van der Waals surface area contributed by atoms with Crippen LogP contribution in [0.1, 0.15) is 18.7 Å². The molecule has 0 fully saturated rings. The maximum absolute atomic E-state index is 12.1. The molecule has 0 aliphatic heterocycles. The third kappa shape index (κ3) is 5.21. The predicted molar refractivity (Wildman–Crippen MR) is 115 cm³/mol. The molecule has 3 rings (SSSR count). The van der Waals surface area contributed by atoms with E-state index in [1.165, 1.54) is 11.5 Å². The number of nitrogens with two attached hydrogens (primary N) is 1. The number of halogens is 1. The fraction of sp³-hybridized carbons (Fsp3) is 0.211. The number of aliphatic hydroxyl groups excluding tert-OH is 1. The maximum Gasteiger partial charge on any atom is 0.266 e. The smallest absolute Gasteiger partial charge is 0.266 e. The molecule has 28 heavy (non-hydrogen) atoms. The van der Waals surface area contributed by atoms with E-state index in [0.29, 0.717) is 16.3 Å². The van der Waals surface area contributed by atoms with Crippen molar-refractivity contribution in [2.45, 2.75) is 19.1 Å². The van der Waals surface area contributed by atoms with Gasteiger partial charge in [0.05, 0.1) is 18.3 Å². The maximum atomic E-state index is 12.1. The molecule has 7 nitrogen and oxygen atoms in total. The molecule has 0 amide bonds. The number of benzene rings is 2. The van der Waals surface area contributed by atoms with Gasteiger partial charge in [-0.05, 0) is 60.9 Å². The summed E-state index contributed by atoms with van der Waals surface area (Å²) in [6.07, 6.45) is -0.696. The number of rotatable bonds is 8. The molecule has 0 aliphatic carbocycles. The molecule has 0 bridgehead atoms. The van der Waals surface area contributed by atoms with Gasteiger partial charge in [0.2, 0.25) is 0 Å². The van der Waals surface area contributed by atoms with Crippen molar-refractivity contribution in [1.82, 2.24) is 9.69 Å². The SMILES string of the molecule is CC(CO)NC(N)c1c(Nc2ccc(Oc3cccc(Br)c3)cc2)s[nH]c1=O. The number of hydrogen-bond donors (Lipinski definition) is 5. The van der Waals surface area contributed by atoms with Crippen LogP contribution in [-0.2, 0) is 0 Å². The first-order chi connectivity index (χ1) is 13.5. The Labute approximate surface area is 174 Å². The standard InChI is InChI=1S/C19H21BrN4O3S/c1-11(10-25)22-17(21)16-18(26)24-28-19(16)23-13-5-7-14(8-6-13)27-15-4-2-3-12(20)9-15/h2-9,11,17,22-23,25H,10,21H2,1H3,(H,24,26). The molecule has 0 saturated carbocycles. The lowest BCUT2D eigenvalue weighted by molar-refractivity contribution is 0.241. The van der Waals surface area contributed by atoms with Crippen molar-refractivity contribution >= 4 is 38.2 Å². The normalized spacial score (nSPS) is 13.1. The fourth-order valence-electron chi connectivity index (χ4n) is 2.53. The Bertz CT molecular complexity index is 974. The topological polar surface area (TPSA) is 112 Å². The van der Waals surface area contributed by atoms with Gasteiger partial charge in [-0.15, -0.1) is 0 Å². The van der Waals surface area contributed by atoms with Crippen LogP contribution in [0.3, 0.4) is 0 Å². The molecule has 0 aliphatic rings. The summed E-state index contributed by atoms with van der Waals surface area (Å²) < 4.78 is 9.46. The van der Waals surface area contributed by atoms with Crippen molar-refractivity contribution in [3.63, 3.8) is 0 Å². The van der Waals surface area contributed by atoms with Crippen LogP contribution in [0.4, 0.5) is 10.7 Å². The van der Waals surface area contributed by atoms with Crippen LogP contribution < -0.4 is 26.7 Å². The Morgan fingerprint density at radius 3 is 2.68 bits per heavy atom. The zero-order chi connectivity index (χ0) is 20.1. The number of ether oxygens (including phenoxy) is 1. The molecule has 9 heteroatoms. The highest BCUT2D eigenvalue weighted by molar-refractivity contribution is 9.10. The van der Waals surface area contributed by atoms with Crippen molar-refractivity contribution in [2.75, 3.05) is 11.9 Å². The summed E-state index contributed by atoms with van der Waals surface area (Å²) >= 11 is 4.59. The minimum absolute atomic E-state index is 0.0715. The van der Waals surface area contributed by atoms with Gasteiger partial charge < -0.3 is 20.9 Å². The number of aromatic amines is 1. The summed E-state index contributed by atoms with van der Waals surface area (Å²) in [5.41, 5.74) is 7.03. The molecule has 0 saturated heterocycles. The van der Waals surface area contributed by atoms with E-state index in [-0.39, 0.29) is 18.2 Å². The van der Waals surface area contributed by atoms with Gasteiger partial charge in [0.25, 0.3) is 5.56 Å². The number of hydrogen-bond acceptors (Lipinski definition) is 7. The van der Waals surface area contributed by atoms with Gasteiger partial charge in [-0.3, -0.25) is 14.5 Å². The molecule has 0 radical (unpaired) electrons. The van der Waals surface area contributed by atoms with Gasteiger partial charge >= 0.3 is 0 Å². The van der Waals surface area contributed by atoms with E-state index in [4.69, 9.17) is 10.5 Å². The number of anilines is 2. The summed E-state index contributed by atoms with van der Waals surface area (Å²) in [6, 6.07) is 14.8. The third-order valence-corrected chi connectivity index (χ3v) is 5.23. The quantitative estimate of drug-likeness (QED) is 0.325. The number of nitrogens with one attached hydrogen (secondary N) is 3. The lowest BCUT2D eigenvalue weighted by Gasteiger charge is -2.18. The highest BCUT2D eigenvalue weighted by Gasteiger charge is 2.19. The highest BCUT2D eigenvalue weighted by atomic mass is 79.9. The van der Waals surface area contributed by atoms with Crippen LogP contribution >= 0.6 is 27.5 Å². The Morgan fingerprint density at radius 1 is 1.25 bits per heavy atom. The van der Waals surface area contributed by atoms with Crippen LogP contribution in [0, 0.1) is 0 Å². The van der Waals surface area contributed by atoms with Crippen LogP contribution in [0.15, 0.2) is 57.8 Å². The summed E-state index contributed by atoms with van der Waals surface area (Å²) in [7, 11) is 0. The minimum Gasteiger partial charge on any atom is -0.457 e. The second kappa shape index (κ2) is 9.35. The van der Waals surface area contributed by atoms with E-state index in [2.05, 4.69) is 30.9 Å². The first kappa shape index (κ1) is 20.6. The summed E-state index contributed by atoms with van der Waals surface area (Å²) in [5.74, 6) is 1.43. The van der Waals surface area contributed by atoms with Crippen LogP contribution in [0.5, 0.6) is 11.5 Å². The Hall–Kier alpha value is -2.17. The third-order valence-electron chi connectivity index (χ3n) is 3.93. The Morgan fingerprint density at radius 2 is 2.00 bits per heavy atom. The fourth-order valence-corrected chi connectivity index (χ4v) is 3.71. The van der Waals surface area contributed by atoms with Gasteiger partial charge in [-0.2, -0.15) is 0 Å². The summed E-state index contributed by atoms with van der Waals surface area (Å²) in [6.45, 7) is 1.72. The van der Waals surface area contributed by atoms with Crippen molar-refractivity contribution in [2.24, 2.45) is 5.73 Å². The average Bonchev–Trinajstić information content (AvgIpc) is 3.03. The van der Waals surface area contributed by atoms with Crippen LogP contribution in [-0.4, -0.2) is 22.1 Å². The monoisotopic (exact) mass is 464 g/mol. The van der Waals surface area contributed by atoms with E-state index in [1.807, 2.05) is 48.5 Å². The van der Waals surface area contributed by atoms with Gasteiger partial charge in [0.15, 0.2) is 0 Å². The average molecular weight is 465 g/mol. The van der Waals surface area contributed by atoms with Crippen molar-refractivity contribution in [3.05, 3.63) is 68.9 Å². The van der Waals surface area contributed by atoms with E-state index in [0.717, 1.165) is 15.9 Å². The lowest BCUT2D eigenvalue weighted by atomic mass is 10.2. The second-order valence-electron chi connectivity index (χ2n) is 6.21. The molecular weight excluding hydrogens is 444 g/mol. The molecule has 2 atom stereocenters. The summed E-state index contributed by atoms with van der Waals surface area (Å²) in [4.78, 5) is 12.1. The molecule has 6 N–H and O–H groups in total. The lowest BCUT2D eigenvalue weighted by Crippen LogP contribution is -2.39. The number of aromatic nitrogens is 1. The largest absolute Gasteiger partial charge is 0.457 e. The molecule has 0 spiro atoms. The highest BCUT2D eigenvalue weighted by Crippen LogP contribution is 2.28. The minimum atomic E-state index is -0.696. The van der Waals surface area contributed by atoms with E-state index in [9.17, 15) is 9.90 Å². The molecule has 148 valence electrons. The van der Waals surface area contributed by atoms with Crippen molar-refractivity contribution < 1.29 is 9.84 Å². The molecule has 1 aromatic heterocycles. The number of H-pyrrole nitrogens is 1. The zero-order valence-corrected chi connectivity index (χ0v) is 17.5. The van der Waals surface area contributed by atoms with E-state index >= 15 is 0 Å². The van der Waals surface area contributed by atoms with Gasteiger partial charge in [0.1, 0.15) is 16.5 Å². The first-order valence-electron chi connectivity index (χ1n) is 8.60. The van der Waals surface area contributed by atoms with Gasteiger partial charge in [0, 0.05) is 16.2 Å². The van der Waals surface area contributed by atoms with Gasteiger partial charge in [-0.25, -0.2) is 0 Å². The Balaban J connectivity index is 1.72. The Kier molecular flexibility index (Phi) is 6.87. The molecule has 2 unspecified atom stereocenters. The number of aliphatic hydroxyl groups is 1. The molecule has 3 aromatic rings. The van der Waals surface area contributed by atoms with Crippen LogP contribution in [0.25, 0.3) is 0 Å². The first-order valence-corrected chi connectivity index (χ1v) is 10.2. The summed E-state index contributed by atoms with van der Waals surface area (Å²) in [5, 5.41) is 16.0. The van der Waals surface area contributed by atoms with E-state index in [1.54, 1.807) is 6.92 Å². The predicted octanol–water partition coefficient (Wildman–Crippen LogP) is 3.66. The molecule has 2 aromatic carbocycles. The van der Waals surface area contributed by atoms with Gasteiger partial charge in [-0.1, -0.05) is 22.0 Å². The van der Waals surface area contributed by atoms with Crippen molar-refractivity contribution in [3.8, 4) is 11.5 Å². The van der Waals surface area contributed by atoms with E-state index < -0.39 is 6.17 Å². The molecular formula is C19H21BrN4O3S. The van der Waals surface area contributed by atoms with Crippen LogP contribution in [0.2, 0.25) is 0 Å². The second-order valence-corrected chi connectivity index (χ2v) is 7.94. The zero-order valence-electron chi connectivity index (χ0n) is 15.1. The van der Waals surface area contributed by atoms with Crippen molar-refractivity contribution in [1.29, 1.82) is 0 Å².